The smallest absolute Gasteiger partial charge is 0.162 e. The summed E-state index contributed by atoms with van der Waals surface area (Å²) < 4.78 is 0. The maximum absolute atomic E-state index is 4.16. The van der Waals surface area contributed by atoms with Gasteiger partial charge in [0.25, 0.3) is 0 Å². The Kier molecular flexibility index (Phi) is 2.34. The monoisotopic (exact) mass is 227 g/mol. The van der Waals surface area contributed by atoms with Gasteiger partial charge in [-0.25, -0.2) is 24.9 Å². The molecule has 84 valence electrons. The Hall–Kier alpha value is -2.57. The summed E-state index contributed by atoms with van der Waals surface area (Å²) in [5, 5.41) is 3.17. The summed E-state index contributed by atoms with van der Waals surface area (Å²) in [4.78, 5) is 23.3. The molecule has 3 heterocycles. The van der Waals surface area contributed by atoms with Gasteiger partial charge in [0, 0.05) is 6.20 Å². The van der Waals surface area contributed by atoms with Gasteiger partial charge >= 0.3 is 0 Å². The number of aromatic nitrogens is 6. The number of fused-ring (bicyclic) bond motifs is 1. The number of nitrogens with zero attached hydrogens (tertiary/aromatic N) is 5. The van der Waals surface area contributed by atoms with E-state index in [2.05, 4.69) is 35.2 Å². The molecule has 0 radical (unpaired) electrons. The number of imidazole rings is 1. The van der Waals surface area contributed by atoms with Crippen molar-refractivity contribution in [2.45, 2.75) is 6.54 Å². The van der Waals surface area contributed by atoms with Gasteiger partial charge in [0.15, 0.2) is 11.5 Å². The zero-order valence-corrected chi connectivity index (χ0v) is 8.83. The molecule has 2 N–H and O–H groups in total. The first-order valence-corrected chi connectivity index (χ1v) is 5.06. The van der Waals surface area contributed by atoms with Crippen molar-refractivity contribution in [3.8, 4) is 0 Å². The minimum Gasteiger partial charge on any atom is -0.362 e. The summed E-state index contributed by atoms with van der Waals surface area (Å²) in [5.74, 6) is 0.690. The number of hydrogen-bond acceptors (Lipinski definition) is 6. The average molecular weight is 227 g/mol. The van der Waals surface area contributed by atoms with Crippen LogP contribution in [0, 0.1) is 0 Å². The Bertz CT molecular complexity index is 619. The standard InChI is InChI=1S/C10H9N7/c1-2-11-4-13-7(1)3-12-9-8-10(15-5-14-8)17-6-16-9/h1-2,4-6H,3H2,(H2,12,14,15,16,17). The lowest BCUT2D eigenvalue weighted by Crippen LogP contribution is -2.04. The van der Waals surface area contributed by atoms with Gasteiger partial charge in [0.05, 0.1) is 18.6 Å². The summed E-state index contributed by atoms with van der Waals surface area (Å²) in [7, 11) is 0. The molecule has 0 fully saturated rings. The molecule has 0 saturated heterocycles. The third kappa shape index (κ3) is 1.89. The van der Waals surface area contributed by atoms with E-state index in [0.29, 0.717) is 18.0 Å². The Labute approximate surface area is 96.4 Å². The third-order valence-electron chi connectivity index (χ3n) is 2.30. The zero-order valence-electron chi connectivity index (χ0n) is 8.83. The topological polar surface area (TPSA) is 92.3 Å². The third-order valence-corrected chi connectivity index (χ3v) is 2.30. The second-order valence-electron chi connectivity index (χ2n) is 3.38. The van der Waals surface area contributed by atoms with Crippen LogP contribution in [-0.2, 0) is 6.54 Å². The molecule has 0 spiro atoms. The highest BCUT2D eigenvalue weighted by Crippen LogP contribution is 2.14. The zero-order chi connectivity index (χ0) is 11.5. The highest BCUT2D eigenvalue weighted by molar-refractivity contribution is 5.81. The van der Waals surface area contributed by atoms with E-state index in [-0.39, 0.29) is 0 Å². The van der Waals surface area contributed by atoms with Gasteiger partial charge in [-0.2, -0.15) is 0 Å². The first kappa shape index (κ1) is 9.64. The van der Waals surface area contributed by atoms with Crippen LogP contribution in [0.2, 0.25) is 0 Å². The highest BCUT2D eigenvalue weighted by Gasteiger charge is 2.05. The number of nitrogens with one attached hydrogen (secondary N) is 2. The van der Waals surface area contributed by atoms with Crippen LogP contribution in [0.25, 0.3) is 11.2 Å². The minimum atomic E-state index is 0.571. The molecule has 3 rings (SSSR count). The Balaban J connectivity index is 1.84. The molecule has 7 nitrogen and oxygen atoms in total. The maximum atomic E-state index is 4.16. The van der Waals surface area contributed by atoms with E-state index in [4.69, 9.17) is 0 Å². The molecule has 0 aliphatic rings. The van der Waals surface area contributed by atoms with Crippen LogP contribution in [0.1, 0.15) is 5.69 Å². The largest absolute Gasteiger partial charge is 0.362 e. The average Bonchev–Trinajstić information content (AvgIpc) is 2.86. The minimum absolute atomic E-state index is 0.571. The predicted molar refractivity (Wildman–Crippen MR) is 61.0 cm³/mol. The van der Waals surface area contributed by atoms with E-state index >= 15 is 0 Å². The fraction of sp³-hybridized carbons (Fsp3) is 0.100. The van der Waals surface area contributed by atoms with Gasteiger partial charge in [-0.1, -0.05) is 0 Å². The molecule has 0 saturated carbocycles. The SMILES string of the molecule is c1cc(CNc2ncnc3[nH]cnc23)ncn1. The lowest BCUT2D eigenvalue weighted by atomic mass is 10.4. The van der Waals surface area contributed by atoms with Crippen molar-refractivity contribution in [3.63, 3.8) is 0 Å². The molecule has 17 heavy (non-hydrogen) atoms. The normalized spacial score (nSPS) is 10.6. The first-order chi connectivity index (χ1) is 8.43. The van der Waals surface area contributed by atoms with Gasteiger partial charge < -0.3 is 10.3 Å². The van der Waals surface area contributed by atoms with E-state index in [9.17, 15) is 0 Å². The molecule has 7 heteroatoms. The van der Waals surface area contributed by atoms with E-state index in [1.807, 2.05) is 6.07 Å². The lowest BCUT2D eigenvalue weighted by molar-refractivity contribution is 0.995. The predicted octanol–water partition coefficient (Wildman–Crippen LogP) is 0.755. The number of hydrogen-bond donors (Lipinski definition) is 2. The maximum Gasteiger partial charge on any atom is 0.162 e. The van der Waals surface area contributed by atoms with Crippen molar-refractivity contribution in [3.05, 3.63) is 36.9 Å². The van der Waals surface area contributed by atoms with Gasteiger partial charge in [0.2, 0.25) is 0 Å². The van der Waals surface area contributed by atoms with E-state index < -0.39 is 0 Å². The number of H-pyrrole nitrogens is 1. The number of aromatic amines is 1. The van der Waals surface area contributed by atoms with Crippen LogP contribution in [0.4, 0.5) is 5.82 Å². The Morgan fingerprint density at radius 3 is 3.00 bits per heavy atom. The fourth-order valence-corrected chi connectivity index (χ4v) is 1.49. The summed E-state index contributed by atoms with van der Waals surface area (Å²) >= 11 is 0. The summed E-state index contributed by atoms with van der Waals surface area (Å²) in [6.07, 6.45) is 6.30. The molecule has 3 aromatic rings. The molecule has 0 aliphatic carbocycles. The van der Waals surface area contributed by atoms with E-state index in [0.717, 1.165) is 11.2 Å². The molecule has 0 atom stereocenters. The second kappa shape index (κ2) is 4.12. The Morgan fingerprint density at radius 1 is 1.12 bits per heavy atom. The summed E-state index contributed by atoms with van der Waals surface area (Å²) in [6, 6.07) is 1.84. The quantitative estimate of drug-likeness (QED) is 0.686. The molecule has 0 bridgehead atoms. The van der Waals surface area contributed by atoms with Gasteiger partial charge in [-0.3, -0.25) is 0 Å². The summed E-state index contributed by atoms with van der Waals surface area (Å²) in [6.45, 7) is 0.571. The van der Waals surface area contributed by atoms with Crippen molar-refractivity contribution < 1.29 is 0 Å². The van der Waals surface area contributed by atoms with E-state index in [1.54, 1.807) is 12.5 Å². The van der Waals surface area contributed by atoms with Crippen LogP contribution in [0.3, 0.4) is 0 Å². The van der Waals surface area contributed by atoms with Gasteiger partial charge in [0.1, 0.15) is 18.2 Å². The van der Waals surface area contributed by atoms with Crippen LogP contribution in [-0.4, -0.2) is 29.9 Å². The van der Waals surface area contributed by atoms with Crippen LogP contribution >= 0.6 is 0 Å². The number of rotatable bonds is 3. The number of anilines is 1. The van der Waals surface area contributed by atoms with Crippen LogP contribution in [0.15, 0.2) is 31.2 Å². The van der Waals surface area contributed by atoms with Crippen molar-refractivity contribution in [2.24, 2.45) is 0 Å². The fourth-order valence-electron chi connectivity index (χ4n) is 1.49. The molecular formula is C10H9N7. The highest BCUT2D eigenvalue weighted by atomic mass is 15.1. The molecule has 0 unspecified atom stereocenters. The van der Waals surface area contributed by atoms with Crippen LogP contribution < -0.4 is 5.32 Å². The van der Waals surface area contributed by atoms with Gasteiger partial charge in [-0.05, 0) is 6.07 Å². The van der Waals surface area contributed by atoms with Crippen LogP contribution in [0.5, 0.6) is 0 Å². The second-order valence-corrected chi connectivity index (χ2v) is 3.38. The molecular weight excluding hydrogens is 218 g/mol. The molecule has 0 amide bonds. The molecule has 3 aromatic heterocycles. The van der Waals surface area contributed by atoms with Crippen molar-refractivity contribution in [1.29, 1.82) is 0 Å². The van der Waals surface area contributed by atoms with Crippen molar-refractivity contribution in [2.75, 3.05) is 5.32 Å². The summed E-state index contributed by atoms with van der Waals surface area (Å²) in [5.41, 5.74) is 2.33. The van der Waals surface area contributed by atoms with E-state index in [1.165, 1.54) is 12.7 Å². The molecule has 0 aromatic carbocycles. The Morgan fingerprint density at radius 2 is 2.12 bits per heavy atom. The first-order valence-electron chi connectivity index (χ1n) is 5.06. The molecule has 0 aliphatic heterocycles. The lowest BCUT2D eigenvalue weighted by Gasteiger charge is -2.04. The van der Waals surface area contributed by atoms with Gasteiger partial charge in [-0.15, -0.1) is 0 Å². The van der Waals surface area contributed by atoms with Crippen molar-refractivity contribution >= 4 is 17.0 Å². The van der Waals surface area contributed by atoms with Crippen molar-refractivity contribution in [1.82, 2.24) is 29.9 Å².